The summed E-state index contributed by atoms with van der Waals surface area (Å²) in [6.45, 7) is 1.14. The average molecular weight is 192 g/mol. The Morgan fingerprint density at radius 2 is 2.14 bits per heavy atom. The van der Waals surface area contributed by atoms with Gasteiger partial charge >= 0.3 is 0 Å². The maximum atomic E-state index is 9.55. The van der Waals surface area contributed by atoms with Crippen molar-refractivity contribution in [1.82, 2.24) is 5.32 Å². The summed E-state index contributed by atoms with van der Waals surface area (Å²) in [6, 6.07) is 1.88. The second kappa shape index (κ2) is 3.99. The SMILES string of the molecule is CC(C#N)(CO)NC(O)=C1C=CC=C1. The molecule has 0 fully saturated rings. The highest BCUT2D eigenvalue weighted by Gasteiger charge is 2.23. The van der Waals surface area contributed by atoms with Crippen LogP contribution < -0.4 is 5.32 Å². The molecular weight excluding hydrogens is 180 g/mol. The van der Waals surface area contributed by atoms with Crippen LogP contribution in [-0.2, 0) is 0 Å². The Morgan fingerprint density at radius 3 is 2.57 bits per heavy atom. The highest BCUT2D eigenvalue weighted by molar-refractivity contribution is 5.41. The molecule has 3 N–H and O–H groups in total. The molecule has 0 amide bonds. The van der Waals surface area contributed by atoms with Gasteiger partial charge in [-0.2, -0.15) is 5.26 Å². The molecule has 0 aromatic heterocycles. The molecule has 14 heavy (non-hydrogen) atoms. The number of nitriles is 1. The number of nitrogens with one attached hydrogen (secondary N) is 1. The van der Waals surface area contributed by atoms with Gasteiger partial charge in [0.1, 0.15) is 5.54 Å². The molecule has 0 heterocycles. The highest BCUT2D eigenvalue weighted by atomic mass is 16.3. The van der Waals surface area contributed by atoms with E-state index in [2.05, 4.69) is 5.32 Å². The minimum atomic E-state index is -1.15. The zero-order chi connectivity index (χ0) is 10.6. The number of allylic oxidation sites excluding steroid dienone is 5. The first-order valence-electron chi connectivity index (χ1n) is 4.19. The number of hydrogen-bond acceptors (Lipinski definition) is 4. The average Bonchev–Trinajstić information content (AvgIpc) is 2.70. The van der Waals surface area contributed by atoms with E-state index in [4.69, 9.17) is 10.4 Å². The van der Waals surface area contributed by atoms with Crippen molar-refractivity contribution in [2.75, 3.05) is 6.61 Å². The van der Waals surface area contributed by atoms with Gasteiger partial charge in [-0.05, 0) is 19.1 Å². The molecule has 1 unspecified atom stereocenters. The first kappa shape index (κ1) is 10.4. The topological polar surface area (TPSA) is 76.3 Å². The maximum Gasteiger partial charge on any atom is 0.192 e. The quantitative estimate of drug-likeness (QED) is 0.576. The zero-order valence-corrected chi connectivity index (χ0v) is 7.86. The fraction of sp³-hybridized carbons (Fsp3) is 0.300. The Bertz CT molecular complexity index is 336. The normalized spacial score (nSPS) is 17.6. The molecule has 0 aromatic carbocycles. The third kappa shape index (κ3) is 2.15. The minimum absolute atomic E-state index is 0.104. The predicted molar refractivity (Wildman–Crippen MR) is 52.2 cm³/mol. The van der Waals surface area contributed by atoms with E-state index in [1.54, 1.807) is 24.3 Å². The van der Waals surface area contributed by atoms with E-state index in [0.717, 1.165) is 0 Å². The standard InChI is InChI=1S/C10H12N2O2/c1-10(6-11,7-13)12-9(14)8-4-2-3-5-8/h2-5,12-14H,7H2,1H3. The molecule has 74 valence electrons. The molecular formula is C10H12N2O2. The summed E-state index contributed by atoms with van der Waals surface area (Å²) in [5.74, 6) is -0.104. The van der Waals surface area contributed by atoms with Crippen LogP contribution in [0, 0.1) is 11.3 Å². The first-order valence-corrected chi connectivity index (χ1v) is 4.19. The molecule has 1 atom stereocenters. The van der Waals surface area contributed by atoms with E-state index in [1.165, 1.54) is 6.92 Å². The van der Waals surface area contributed by atoms with E-state index >= 15 is 0 Å². The van der Waals surface area contributed by atoms with Crippen LogP contribution in [0.5, 0.6) is 0 Å². The molecule has 0 spiro atoms. The number of aliphatic hydroxyl groups excluding tert-OH is 2. The van der Waals surface area contributed by atoms with Crippen molar-refractivity contribution < 1.29 is 10.2 Å². The fourth-order valence-corrected chi connectivity index (χ4v) is 0.968. The van der Waals surface area contributed by atoms with Gasteiger partial charge in [-0.25, -0.2) is 0 Å². The van der Waals surface area contributed by atoms with Gasteiger partial charge in [-0.1, -0.05) is 12.2 Å². The van der Waals surface area contributed by atoms with E-state index in [9.17, 15) is 5.11 Å². The van der Waals surface area contributed by atoms with Crippen molar-refractivity contribution in [2.45, 2.75) is 12.5 Å². The molecule has 4 heteroatoms. The Balaban J connectivity index is 2.79. The van der Waals surface area contributed by atoms with E-state index in [-0.39, 0.29) is 12.5 Å². The number of rotatable bonds is 3. The lowest BCUT2D eigenvalue weighted by Crippen LogP contribution is -2.44. The van der Waals surface area contributed by atoms with Crippen molar-refractivity contribution in [1.29, 1.82) is 5.26 Å². The molecule has 0 radical (unpaired) electrons. The Hall–Kier alpha value is -1.73. The monoisotopic (exact) mass is 192 g/mol. The van der Waals surface area contributed by atoms with Gasteiger partial charge < -0.3 is 15.5 Å². The minimum Gasteiger partial charge on any atom is -0.494 e. The first-order chi connectivity index (χ1) is 6.61. The van der Waals surface area contributed by atoms with Gasteiger partial charge in [0.15, 0.2) is 5.88 Å². The van der Waals surface area contributed by atoms with Gasteiger partial charge in [0.05, 0.1) is 12.7 Å². The Morgan fingerprint density at radius 1 is 1.57 bits per heavy atom. The Labute approximate surface area is 82.5 Å². The van der Waals surface area contributed by atoms with Crippen LogP contribution in [0.4, 0.5) is 0 Å². The molecule has 0 aliphatic heterocycles. The van der Waals surface area contributed by atoms with Gasteiger partial charge in [0, 0.05) is 5.57 Å². The second-order valence-electron chi connectivity index (χ2n) is 3.25. The van der Waals surface area contributed by atoms with E-state index in [1.807, 2.05) is 6.07 Å². The zero-order valence-electron chi connectivity index (χ0n) is 7.86. The van der Waals surface area contributed by atoms with Gasteiger partial charge in [-0.15, -0.1) is 0 Å². The predicted octanol–water partition coefficient (Wildman–Crippen LogP) is 0.746. The molecule has 0 bridgehead atoms. The molecule has 0 saturated carbocycles. The van der Waals surface area contributed by atoms with Crippen molar-refractivity contribution in [3.63, 3.8) is 0 Å². The molecule has 0 saturated heterocycles. The summed E-state index contributed by atoms with van der Waals surface area (Å²) < 4.78 is 0. The van der Waals surface area contributed by atoms with E-state index < -0.39 is 5.54 Å². The molecule has 0 aromatic rings. The van der Waals surface area contributed by atoms with Crippen LogP contribution in [-0.4, -0.2) is 22.4 Å². The summed E-state index contributed by atoms with van der Waals surface area (Å²) in [5.41, 5.74) is -0.554. The number of hydrogen-bond donors (Lipinski definition) is 3. The summed E-state index contributed by atoms with van der Waals surface area (Å²) in [4.78, 5) is 0. The number of nitrogens with zero attached hydrogens (tertiary/aromatic N) is 1. The van der Waals surface area contributed by atoms with Crippen LogP contribution in [0.25, 0.3) is 0 Å². The van der Waals surface area contributed by atoms with Crippen LogP contribution in [0.15, 0.2) is 35.8 Å². The summed E-state index contributed by atoms with van der Waals surface area (Å²) >= 11 is 0. The van der Waals surface area contributed by atoms with Crippen molar-refractivity contribution in [3.05, 3.63) is 35.8 Å². The number of aliphatic hydroxyl groups is 2. The molecule has 1 rings (SSSR count). The van der Waals surface area contributed by atoms with Crippen LogP contribution in [0.3, 0.4) is 0 Å². The van der Waals surface area contributed by atoms with Gasteiger partial charge in [-0.3, -0.25) is 0 Å². The smallest absolute Gasteiger partial charge is 0.192 e. The van der Waals surface area contributed by atoms with Crippen LogP contribution >= 0.6 is 0 Å². The van der Waals surface area contributed by atoms with Gasteiger partial charge in [0.25, 0.3) is 0 Å². The lowest BCUT2D eigenvalue weighted by molar-refractivity contribution is 0.200. The fourth-order valence-electron chi connectivity index (χ4n) is 0.968. The van der Waals surface area contributed by atoms with Gasteiger partial charge in [0.2, 0.25) is 0 Å². The largest absolute Gasteiger partial charge is 0.494 e. The third-order valence-electron chi connectivity index (χ3n) is 1.89. The van der Waals surface area contributed by atoms with Crippen molar-refractivity contribution >= 4 is 0 Å². The maximum absolute atomic E-state index is 9.55. The summed E-state index contributed by atoms with van der Waals surface area (Å²) in [5, 5.41) is 29.8. The van der Waals surface area contributed by atoms with Crippen molar-refractivity contribution in [3.8, 4) is 6.07 Å². The van der Waals surface area contributed by atoms with Crippen LogP contribution in [0.2, 0.25) is 0 Å². The van der Waals surface area contributed by atoms with E-state index in [0.29, 0.717) is 5.57 Å². The summed E-state index contributed by atoms with van der Waals surface area (Å²) in [6.07, 6.45) is 6.96. The molecule has 1 aliphatic carbocycles. The molecule has 4 nitrogen and oxygen atoms in total. The third-order valence-corrected chi connectivity index (χ3v) is 1.89. The lowest BCUT2D eigenvalue weighted by Gasteiger charge is -2.21. The second-order valence-corrected chi connectivity index (χ2v) is 3.25. The molecule has 1 aliphatic rings. The summed E-state index contributed by atoms with van der Waals surface area (Å²) in [7, 11) is 0. The Kier molecular flexibility index (Phi) is 2.95. The van der Waals surface area contributed by atoms with Crippen molar-refractivity contribution in [2.24, 2.45) is 0 Å². The lowest BCUT2D eigenvalue weighted by atomic mass is 10.1. The van der Waals surface area contributed by atoms with Crippen LogP contribution in [0.1, 0.15) is 6.92 Å². The highest BCUT2D eigenvalue weighted by Crippen LogP contribution is 2.12.